The summed E-state index contributed by atoms with van der Waals surface area (Å²) in [4.78, 5) is 4.06. The lowest BCUT2D eigenvalue weighted by atomic mass is 10.2. The minimum atomic E-state index is 0.224. The number of nitrogens with one attached hydrogen (secondary N) is 1. The number of aliphatic hydroxyl groups excluding tert-OH is 1. The molecule has 0 saturated carbocycles. The summed E-state index contributed by atoms with van der Waals surface area (Å²) < 4.78 is 4.90. The second-order valence-corrected chi connectivity index (χ2v) is 4.56. The van der Waals surface area contributed by atoms with E-state index < -0.39 is 0 Å². The first kappa shape index (κ1) is 10.9. The van der Waals surface area contributed by atoms with E-state index >= 15 is 0 Å². The molecule has 0 aliphatic heterocycles. The molecule has 1 atom stereocenters. The zero-order valence-electron chi connectivity index (χ0n) is 7.43. The fourth-order valence-corrected chi connectivity index (χ4v) is 2.49. The first-order valence-electron chi connectivity index (χ1n) is 4.04. The molecule has 13 heavy (non-hydrogen) atoms. The van der Waals surface area contributed by atoms with E-state index in [1.807, 2.05) is 7.05 Å². The van der Waals surface area contributed by atoms with Crippen molar-refractivity contribution < 1.29 is 5.11 Å². The molecule has 0 spiro atoms. The lowest BCUT2D eigenvalue weighted by Gasteiger charge is -2.12. The van der Waals surface area contributed by atoms with Crippen molar-refractivity contribution in [1.29, 1.82) is 0 Å². The fourth-order valence-electron chi connectivity index (χ4n) is 0.865. The van der Waals surface area contributed by atoms with Gasteiger partial charge >= 0.3 is 0 Å². The predicted molar refractivity (Wildman–Crippen MR) is 55.2 cm³/mol. The number of aromatic nitrogens is 2. The van der Waals surface area contributed by atoms with Crippen LogP contribution < -0.4 is 5.32 Å². The van der Waals surface area contributed by atoms with Gasteiger partial charge in [-0.2, -0.15) is 4.37 Å². The van der Waals surface area contributed by atoms with Crippen molar-refractivity contribution in [3.8, 4) is 0 Å². The molecule has 0 fully saturated rings. The highest BCUT2D eigenvalue weighted by Gasteiger charge is 2.06. The largest absolute Gasteiger partial charge is 0.396 e. The van der Waals surface area contributed by atoms with Crippen molar-refractivity contribution in [2.45, 2.75) is 16.8 Å². The average molecular weight is 219 g/mol. The first-order valence-corrected chi connectivity index (χ1v) is 5.80. The Hall–Kier alpha value is -0.170. The smallest absolute Gasteiger partial charge is 0.169 e. The van der Waals surface area contributed by atoms with Gasteiger partial charge in [0.25, 0.3) is 0 Å². The molecule has 0 saturated heterocycles. The van der Waals surface area contributed by atoms with Gasteiger partial charge in [-0.25, -0.2) is 4.98 Å². The van der Waals surface area contributed by atoms with Crippen LogP contribution >= 0.6 is 23.3 Å². The number of hydrogen-bond donors (Lipinski definition) is 2. The van der Waals surface area contributed by atoms with Crippen LogP contribution in [0.1, 0.15) is 6.42 Å². The highest BCUT2D eigenvalue weighted by Crippen LogP contribution is 2.19. The SMILES string of the molecule is CNC(CCO)CSc1ncns1. The van der Waals surface area contributed by atoms with Gasteiger partial charge in [0.2, 0.25) is 0 Å². The lowest BCUT2D eigenvalue weighted by Crippen LogP contribution is -2.28. The van der Waals surface area contributed by atoms with E-state index in [2.05, 4.69) is 14.7 Å². The Balaban J connectivity index is 2.23. The van der Waals surface area contributed by atoms with Crippen LogP contribution in [0.2, 0.25) is 0 Å². The summed E-state index contributed by atoms with van der Waals surface area (Å²) in [6.45, 7) is 0.224. The van der Waals surface area contributed by atoms with Crippen LogP contribution in [0, 0.1) is 0 Å². The van der Waals surface area contributed by atoms with Crippen LogP contribution in [-0.2, 0) is 0 Å². The molecule has 0 bridgehead atoms. The number of thioether (sulfide) groups is 1. The molecular formula is C7H13N3OS2. The summed E-state index contributed by atoms with van der Waals surface area (Å²) >= 11 is 3.08. The summed E-state index contributed by atoms with van der Waals surface area (Å²) in [5.41, 5.74) is 0. The Kier molecular flexibility index (Phi) is 5.29. The van der Waals surface area contributed by atoms with Gasteiger partial charge in [0.1, 0.15) is 6.33 Å². The number of nitrogens with zero attached hydrogens (tertiary/aromatic N) is 2. The minimum absolute atomic E-state index is 0.224. The van der Waals surface area contributed by atoms with Crippen molar-refractivity contribution in [1.82, 2.24) is 14.7 Å². The van der Waals surface area contributed by atoms with E-state index in [9.17, 15) is 0 Å². The molecule has 1 unspecified atom stereocenters. The van der Waals surface area contributed by atoms with Crippen molar-refractivity contribution in [2.75, 3.05) is 19.4 Å². The Labute approximate surface area is 85.9 Å². The second-order valence-electron chi connectivity index (χ2n) is 2.52. The van der Waals surface area contributed by atoms with Gasteiger partial charge in [-0.1, -0.05) is 11.8 Å². The maximum absolute atomic E-state index is 8.75. The highest BCUT2D eigenvalue weighted by molar-refractivity contribution is 8.00. The van der Waals surface area contributed by atoms with E-state index in [1.54, 1.807) is 18.1 Å². The van der Waals surface area contributed by atoms with Crippen molar-refractivity contribution in [2.24, 2.45) is 0 Å². The Morgan fingerprint density at radius 1 is 1.77 bits per heavy atom. The predicted octanol–water partition coefficient (Wildman–Crippen LogP) is 0.601. The topological polar surface area (TPSA) is 58.0 Å². The molecule has 6 heteroatoms. The maximum atomic E-state index is 8.75. The third kappa shape index (κ3) is 4.04. The molecule has 1 aromatic rings. The van der Waals surface area contributed by atoms with Crippen LogP contribution in [0.15, 0.2) is 10.7 Å². The molecule has 1 heterocycles. The van der Waals surface area contributed by atoms with Crippen LogP contribution in [0.5, 0.6) is 0 Å². The second kappa shape index (κ2) is 6.31. The molecular weight excluding hydrogens is 206 g/mol. The molecule has 0 amide bonds. The molecule has 0 aliphatic carbocycles. The Bertz CT molecular complexity index is 218. The van der Waals surface area contributed by atoms with Gasteiger partial charge in [0, 0.05) is 18.4 Å². The van der Waals surface area contributed by atoms with E-state index in [4.69, 9.17) is 5.11 Å². The van der Waals surface area contributed by atoms with Gasteiger partial charge in [0.15, 0.2) is 4.34 Å². The summed E-state index contributed by atoms with van der Waals surface area (Å²) in [6, 6.07) is 0.346. The van der Waals surface area contributed by atoms with Gasteiger partial charge < -0.3 is 10.4 Å². The van der Waals surface area contributed by atoms with Crippen LogP contribution in [0.4, 0.5) is 0 Å². The van der Waals surface area contributed by atoms with Gasteiger partial charge in [-0.3, -0.25) is 0 Å². The van der Waals surface area contributed by atoms with E-state index in [0.717, 1.165) is 16.5 Å². The first-order chi connectivity index (χ1) is 6.36. The van der Waals surface area contributed by atoms with Crippen molar-refractivity contribution in [3.63, 3.8) is 0 Å². The molecule has 2 N–H and O–H groups in total. The zero-order valence-corrected chi connectivity index (χ0v) is 9.07. The lowest BCUT2D eigenvalue weighted by molar-refractivity contribution is 0.273. The molecule has 1 aromatic heterocycles. The van der Waals surface area contributed by atoms with Crippen LogP contribution in [0.25, 0.3) is 0 Å². The van der Waals surface area contributed by atoms with Crippen LogP contribution in [-0.4, -0.2) is 39.9 Å². The highest BCUT2D eigenvalue weighted by atomic mass is 32.2. The molecule has 0 aliphatic rings. The molecule has 4 nitrogen and oxygen atoms in total. The number of rotatable bonds is 6. The summed E-state index contributed by atoms with van der Waals surface area (Å²) in [5.74, 6) is 0.923. The van der Waals surface area contributed by atoms with Gasteiger partial charge in [-0.05, 0) is 25.0 Å². The molecule has 1 rings (SSSR count). The van der Waals surface area contributed by atoms with Gasteiger partial charge in [0.05, 0.1) is 0 Å². The fraction of sp³-hybridized carbons (Fsp3) is 0.714. The standard InChI is InChI=1S/C7H13N3OS2/c1-8-6(2-3-11)4-12-7-9-5-10-13-7/h5-6,8,11H,2-4H2,1H3. The Morgan fingerprint density at radius 3 is 3.15 bits per heavy atom. The third-order valence-electron chi connectivity index (χ3n) is 1.63. The molecule has 0 radical (unpaired) electrons. The monoisotopic (exact) mass is 219 g/mol. The maximum Gasteiger partial charge on any atom is 0.169 e. The average Bonchev–Trinajstić information content (AvgIpc) is 2.64. The Morgan fingerprint density at radius 2 is 2.62 bits per heavy atom. The zero-order chi connectivity index (χ0) is 9.52. The summed E-state index contributed by atoms with van der Waals surface area (Å²) in [5, 5.41) is 11.9. The van der Waals surface area contributed by atoms with Crippen molar-refractivity contribution >= 4 is 23.3 Å². The summed E-state index contributed by atoms with van der Waals surface area (Å²) in [7, 11) is 1.90. The van der Waals surface area contributed by atoms with E-state index in [1.165, 1.54) is 11.5 Å². The van der Waals surface area contributed by atoms with E-state index in [0.29, 0.717) is 6.04 Å². The number of hydrogen-bond acceptors (Lipinski definition) is 6. The van der Waals surface area contributed by atoms with Gasteiger partial charge in [-0.15, -0.1) is 0 Å². The molecule has 74 valence electrons. The molecule has 0 aromatic carbocycles. The normalized spacial score (nSPS) is 13.1. The number of aliphatic hydroxyl groups is 1. The van der Waals surface area contributed by atoms with E-state index in [-0.39, 0.29) is 6.61 Å². The third-order valence-corrected chi connectivity index (χ3v) is 3.59. The van der Waals surface area contributed by atoms with Crippen LogP contribution in [0.3, 0.4) is 0 Å². The minimum Gasteiger partial charge on any atom is -0.396 e. The van der Waals surface area contributed by atoms with Crippen molar-refractivity contribution in [3.05, 3.63) is 6.33 Å². The summed E-state index contributed by atoms with van der Waals surface area (Å²) in [6.07, 6.45) is 2.34. The quantitative estimate of drug-likeness (QED) is 0.686.